The Morgan fingerprint density at radius 1 is 1.00 bits per heavy atom. The van der Waals surface area contributed by atoms with Gasteiger partial charge in [-0.05, 0) is 30.3 Å². The first-order chi connectivity index (χ1) is 9.13. The van der Waals surface area contributed by atoms with E-state index in [9.17, 15) is 0 Å². The molecule has 0 bridgehead atoms. The Morgan fingerprint density at radius 2 is 1.74 bits per heavy atom. The molecular weight excluding hydrogens is 308 g/mol. The van der Waals surface area contributed by atoms with E-state index in [-0.39, 0.29) is 0 Å². The zero-order chi connectivity index (χ0) is 13.8. The molecule has 0 fully saturated rings. The second-order valence-electron chi connectivity index (χ2n) is 3.92. The summed E-state index contributed by atoms with van der Waals surface area (Å²) >= 11 is 3.38. The molecular formula is C14H15BrN2O2. The highest BCUT2D eigenvalue weighted by Gasteiger charge is 2.07. The van der Waals surface area contributed by atoms with E-state index in [1.165, 1.54) is 0 Å². The van der Waals surface area contributed by atoms with Crippen molar-refractivity contribution in [2.75, 3.05) is 25.3 Å². The van der Waals surface area contributed by atoms with Gasteiger partial charge in [-0.2, -0.15) is 0 Å². The van der Waals surface area contributed by atoms with E-state index in [1.54, 1.807) is 14.2 Å². The molecule has 0 saturated heterocycles. The molecule has 19 heavy (non-hydrogen) atoms. The molecule has 4 nitrogen and oxygen atoms in total. The Morgan fingerprint density at radius 3 is 2.37 bits per heavy atom. The van der Waals surface area contributed by atoms with Crippen LogP contribution in [0, 0.1) is 0 Å². The summed E-state index contributed by atoms with van der Waals surface area (Å²) in [6.07, 6.45) is 0. The molecule has 0 heterocycles. The summed E-state index contributed by atoms with van der Waals surface area (Å²) in [6, 6.07) is 11.2. The van der Waals surface area contributed by atoms with Gasteiger partial charge in [0, 0.05) is 10.5 Å². The SMILES string of the molecule is COc1ccc(Nc2ccc(Br)cc2N)c(OC)c1. The smallest absolute Gasteiger partial charge is 0.145 e. The van der Waals surface area contributed by atoms with E-state index in [2.05, 4.69) is 21.2 Å². The lowest BCUT2D eigenvalue weighted by molar-refractivity contribution is 0.395. The summed E-state index contributed by atoms with van der Waals surface area (Å²) in [6.45, 7) is 0. The molecule has 0 spiro atoms. The van der Waals surface area contributed by atoms with Gasteiger partial charge in [0.1, 0.15) is 11.5 Å². The fourth-order valence-corrected chi connectivity index (χ4v) is 2.07. The van der Waals surface area contributed by atoms with Crippen molar-refractivity contribution in [2.45, 2.75) is 0 Å². The highest BCUT2D eigenvalue weighted by Crippen LogP contribution is 2.33. The van der Waals surface area contributed by atoms with Crippen LogP contribution in [0.5, 0.6) is 11.5 Å². The first kappa shape index (κ1) is 13.5. The van der Waals surface area contributed by atoms with Crippen LogP contribution in [-0.4, -0.2) is 14.2 Å². The zero-order valence-electron chi connectivity index (χ0n) is 10.7. The second kappa shape index (κ2) is 5.84. The molecule has 0 aliphatic rings. The van der Waals surface area contributed by atoms with Crippen LogP contribution in [0.1, 0.15) is 0 Å². The Balaban J connectivity index is 2.32. The van der Waals surface area contributed by atoms with Gasteiger partial charge in [0.25, 0.3) is 0 Å². The van der Waals surface area contributed by atoms with Crippen molar-refractivity contribution in [3.05, 3.63) is 40.9 Å². The van der Waals surface area contributed by atoms with Crippen LogP contribution >= 0.6 is 15.9 Å². The van der Waals surface area contributed by atoms with Gasteiger partial charge in [-0.3, -0.25) is 0 Å². The largest absolute Gasteiger partial charge is 0.497 e. The van der Waals surface area contributed by atoms with Crippen LogP contribution < -0.4 is 20.5 Å². The number of nitrogens with one attached hydrogen (secondary N) is 1. The molecule has 2 aromatic rings. The molecule has 2 rings (SSSR count). The molecule has 0 amide bonds. The van der Waals surface area contributed by atoms with E-state index in [0.29, 0.717) is 11.4 Å². The Labute approximate surface area is 120 Å². The molecule has 0 saturated carbocycles. The van der Waals surface area contributed by atoms with Crippen molar-refractivity contribution in [1.29, 1.82) is 0 Å². The van der Waals surface area contributed by atoms with Crippen LogP contribution in [0.25, 0.3) is 0 Å². The molecule has 5 heteroatoms. The van der Waals surface area contributed by atoms with Gasteiger partial charge < -0.3 is 20.5 Å². The van der Waals surface area contributed by atoms with Crippen molar-refractivity contribution in [3.8, 4) is 11.5 Å². The summed E-state index contributed by atoms with van der Waals surface area (Å²) in [5, 5.41) is 3.24. The van der Waals surface area contributed by atoms with Crippen LogP contribution in [0.4, 0.5) is 17.1 Å². The van der Waals surface area contributed by atoms with E-state index in [0.717, 1.165) is 21.6 Å². The van der Waals surface area contributed by atoms with Crippen molar-refractivity contribution in [1.82, 2.24) is 0 Å². The number of rotatable bonds is 4. The Hall–Kier alpha value is -1.88. The molecule has 0 aromatic heterocycles. The molecule has 2 aromatic carbocycles. The van der Waals surface area contributed by atoms with Gasteiger partial charge >= 0.3 is 0 Å². The van der Waals surface area contributed by atoms with Crippen molar-refractivity contribution in [3.63, 3.8) is 0 Å². The second-order valence-corrected chi connectivity index (χ2v) is 4.84. The number of nitrogen functional groups attached to an aromatic ring is 1. The predicted molar refractivity (Wildman–Crippen MR) is 81.4 cm³/mol. The maximum absolute atomic E-state index is 5.96. The summed E-state index contributed by atoms with van der Waals surface area (Å²) in [4.78, 5) is 0. The first-order valence-electron chi connectivity index (χ1n) is 5.68. The number of ether oxygens (including phenoxy) is 2. The quantitative estimate of drug-likeness (QED) is 0.841. The average molecular weight is 323 g/mol. The monoisotopic (exact) mass is 322 g/mol. The summed E-state index contributed by atoms with van der Waals surface area (Å²) < 4.78 is 11.4. The van der Waals surface area contributed by atoms with Crippen LogP contribution in [0.15, 0.2) is 40.9 Å². The minimum absolute atomic E-state index is 0.659. The highest BCUT2D eigenvalue weighted by molar-refractivity contribution is 9.10. The van der Waals surface area contributed by atoms with Gasteiger partial charge in [0.05, 0.1) is 31.3 Å². The van der Waals surface area contributed by atoms with E-state index in [1.807, 2.05) is 36.4 Å². The third-order valence-electron chi connectivity index (χ3n) is 2.69. The summed E-state index contributed by atoms with van der Waals surface area (Å²) in [7, 11) is 3.24. The van der Waals surface area contributed by atoms with Crippen LogP contribution in [-0.2, 0) is 0 Å². The van der Waals surface area contributed by atoms with Gasteiger partial charge in [0.2, 0.25) is 0 Å². The minimum atomic E-state index is 0.659. The van der Waals surface area contributed by atoms with Crippen LogP contribution in [0.2, 0.25) is 0 Å². The van der Waals surface area contributed by atoms with E-state index < -0.39 is 0 Å². The maximum Gasteiger partial charge on any atom is 0.145 e. The number of hydrogen-bond donors (Lipinski definition) is 2. The zero-order valence-corrected chi connectivity index (χ0v) is 12.3. The number of halogens is 1. The minimum Gasteiger partial charge on any atom is -0.497 e. The molecule has 0 aliphatic heterocycles. The van der Waals surface area contributed by atoms with Gasteiger partial charge in [-0.25, -0.2) is 0 Å². The lowest BCUT2D eigenvalue weighted by Gasteiger charge is -2.14. The number of methoxy groups -OCH3 is 2. The Bertz CT molecular complexity index is 588. The van der Waals surface area contributed by atoms with Gasteiger partial charge in [-0.15, -0.1) is 0 Å². The van der Waals surface area contributed by atoms with E-state index >= 15 is 0 Å². The Kier molecular flexibility index (Phi) is 4.16. The summed E-state index contributed by atoms with van der Waals surface area (Å²) in [5.41, 5.74) is 8.27. The predicted octanol–water partition coefficient (Wildman–Crippen LogP) is 3.79. The van der Waals surface area contributed by atoms with Crippen molar-refractivity contribution in [2.24, 2.45) is 0 Å². The van der Waals surface area contributed by atoms with Gasteiger partial charge in [0.15, 0.2) is 0 Å². The average Bonchev–Trinajstić information content (AvgIpc) is 2.42. The lowest BCUT2D eigenvalue weighted by Crippen LogP contribution is -1.98. The van der Waals surface area contributed by atoms with Crippen LogP contribution in [0.3, 0.4) is 0 Å². The first-order valence-corrected chi connectivity index (χ1v) is 6.47. The number of anilines is 3. The molecule has 0 radical (unpaired) electrons. The molecule has 0 aliphatic carbocycles. The molecule has 0 unspecified atom stereocenters. The molecule has 100 valence electrons. The third kappa shape index (κ3) is 3.12. The highest BCUT2D eigenvalue weighted by atomic mass is 79.9. The number of benzene rings is 2. The van der Waals surface area contributed by atoms with E-state index in [4.69, 9.17) is 15.2 Å². The topological polar surface area (TPSA) is 56.5 Å². The lowest BCUT2D eigenvalue weighted by atomic mass is 10.2. The fourth-order valence-electron chi connectivity index (χ4n) is 1.69. The normalized spacial score (nSPS) is 10.1. The third-order valence-corrected chi connectivity index (χ3v) is 3.18. The fraction of sp³-hybridized carbons (Fsp3) is 0.143. The summed E-state index contributed by atoms with van der Waals surface area (Å²) in [5.74, 6) is 1.44. The van der Waals surface area contributed by atoms with Crippen molar-refractivity contribution >= 4 is 33.0 Å². The van der Waals surface area contributed by atoms with Crippen molar-refractivity contribution < 1.29 is 9.47 Å². The molecule has 0 atom stereocenters. The van der Waals surface area contributed by atoms with Gasteiger partial charge in [-0.1, -0.05) is 15.9 Å². The molecule has 3 N–H and O–H groups in total. The number of hydrogen-bond acceptors (Lipinski definition) is 4. The number of nitrogens with two attached hydrogens (primary N) is 1. The standard InChI is InChI=1S/C14H15BrN2O2/c1-18-10-4-6-13(14(8-10)19-2)17-12-5-3-9(15)7-11(12)16/h3-8,17H,16H2,1-2H3. The maximum atomic E-state index is 5.96.